The number of likely N-dealkylation sites (tertiary alicyclic amines) is 1. The predicted octanol–water partition coefficient (Wildman–Crippen LogP) is 5.12. The van der Waals surface area contributed by atoms with E-state index in [4.69, 9.17) is 4.74 Å². The molecule has 2 bridgehead atoms. The lowest BCUT2D eigenvalue weighted by Gasteiger charge is -2.62. The number of carbonyl (C=O) groups excluding carboxylic acids is 2. The molecule has 2 aromatic rings. The third kappa shape index (κ3) is 7.84. The van der Waals surface area contributed by atoms with Crippen molar-refractivity contribution in [1.82, 2.24) is 20.4 Å². The second-order valence-electron chi connectivity index (χ2n) is 14.9. The van der Waals surface area contributed by atoms with Gasteiger partial charge in [-0.2, -0.15) is 0 Å². The molecule has 0 aromatic heterocycles. The van der Waals surface area contributed by atoms with E-state index in [1.165, 1.54) is 6.42 Å². The average molecular weight is 664 g/mol. The molecule has 4 unspecified atom stereocenters. The van der Waals surface area contributed by atoms with Crippen molar-refractivity contribution >= 4 is 17.5 Å². The molecule has 266 valence electrons. The molecular formula is C39H61N5O4. The fraction of sp³-hybridized carbons (Fsp3) is 0.641. The van der Waals surface area contributed by atoms with Crippen LogP contribution < -0.4 is 20.3 Å². The Bertz CT molecular complexity index is 1410. The Morgan fingerprint density at radius 1 is 1.08 bits per heavy atom. The van der Waals surface area contributed by atoms with Crippen molar-refractivity contribution in [2.75, 3.05) is 66.4 Å². The fourth-order valence-electron chi connectivity index (χ4n) is 8.33. The number of rotatable bonds is 12. The monoisotopic (exact) mass is 663 g/mol. The van der Waals surface area contributed by atoms with E-state index in [2.05, 4.69) is 42.4 Å². The van der Waals surface area contributed by atoms with E-state index in [-0.39, 0.29) is 30.4 Å². The van der Waals surface area contributed by atoms with Crippen LogP contribution in [0.2, 0.25) is 0 Å². The third-order valence-corrected chi connectivity index (χ3v) is 11.3. The van der Waals surface area contributed by atoms with Crippen LogP contribution in [0.3, 0.4) is 0 Å². The second-order valence-corrected chi connectivity index (χ2v) is 14.9. The van der Waals surface area contributed by atoms with Crippen LogP contribution in [0, 0.1) is 29.1 Å². The number of para-hydroxylation sites is 1. The molecule has 3 aliphatic carbocycles. The standard InChI is InChI=1S/C37H55N5O4.C2H6/c1-23-31-19-28(37(31,2)3)20-32(23)39-36(45)33-25(22-43)12-14-42(33)21-24-10-9-11-30(34(24)46-8)26-16-27(18-29(17-26)41(6)7)35(44)38-13-15-40(4)5;1-2/h9-11,16-18,23,25,28,31-33,43H,12-15,19-22H2,1-8H3,(H,38,44)(H,39,45);1-2H3/t23?,25?,28?,31?,32-,33-;/m0./s1. The topological polar surface area (TPSA) is 97.4 Å². The molecule has 9 nitrogen and oxygen atoms in total. The number of benzene rings is 2. The molecule has 1 saturated heterocycles. The third-order valence-electron chi connectivity index (χ3n) is 11.3. The lowest BCUT2D eigenvalue weighted by Crippen LogP contribution is -2.62. The number of methoxy groups -OCH3 is 1. The molecule has 4 aliphatic rings. The molecule has 2 aromatic carbocycles. The summed E-state index contributed by atoms with van der Waals surface area (Å²) in [5, 5.41) is 16.8. The minimum atomic E-state index is -0.397. The smallest absolute Gasteiger partial charge is 0.251 e. The number of likely N-dealkylation sites (N-methyl/N-ethyl adjacent to an activating group) is 1. The van der Waals surface area contributed by atoms with Crippen LogP contribution in [0.15, 0.2) is 36.4 Å². The number of amides is 2. The SMILES string of the molecule is CC.COc1c(CN2CCC(CO)[C@H]2C(=O)N[C@H]2CC3CC(C2C)C3(C)C)cccc1-c1cc(C(=O)NCCN(C)C)cc(N(C)C)c1. The summed E-state index contributed by atoms with van der Waals surface area (Å²) in [6.07, 6.45) is 3.07. The van der Waals surface area contributed by atoms with Crippen molar-refractivity contribution < 1.29 is 19.4 Å². The fourth-order valence-corrected chi connectivity index (χ4v) is 8.33. The van der Waals surface area contributed by atoms with Crippen molar-refractivity contribution in [3.05, 3.63) is 47.5 Å². The van der Waals surface area contributed by atoms with Gasteiger partial charge in [0.05, 0.1) is 13.2 Å². The Morgan fingerprint density at radius 3 is 2.42 bits per heavy atom. The number of carbonyl (C=O) groups is 2. The minimum absolute atomic E-state index is 0.0129. The van der Waals surface area contributed by atoms with Gasteiger partial charge in [0.1, 0.15) is 5.75 Å². The van der Waals surface area contributed by atoms with Gasteiger partial charge in [-0.15, -0.1) is 0 Å². The van der Waals surface area contributed by atoms with E-state index in [0.717, 1.165) is 54.1 Å². The van der Waals surface area contributed by atoms with Gasteiger partial charge in [-0.1, -0.05) is 52.8 Å². The van der Waals surface area contributed by atoms with E-state index >= 15 is 0 Å². The van der Waals surface area contributed by atoms with Gasteiger partial charge in [0.15, 0.2) is 0 Å². The van der Waals surface area contributed by atoms with Gasteiger partial charge >= 0.3 is 0 Å². The number of nitrogens with one attached hydrogen (secondary N) is 2. The predicted molar refractivity (Wildman–Crippen MR) is 195 cm³/mol. The Hall–Kier alpha value is -3.14. The number of ether oxygens (including phenoxy) is 1. The first-order valence-corrected chi connectivity index (χ1v) is 17.9. The van der Waals surface area contributed by atoms with Crippen molar-refractivity contribution in [2.24, 2.45) is 29.1 Å². The van der Waals surface area contributed by atoms with E-state index in [0.29, 0.717) is 41.8 Å². The zero-order valence-corrected chi connectivity index (χ0v) is 31.1. The maximum Gasteiger partial charge on any atom is 0.251 e. The van der Waals surface area contributed by atoms with Gasteiger partial charge in [-0.3, -0.25) is 14.5 Å². The molecule has 6 atom stereocenters. The van der Waals surface area contributed by atoms with Gasteiger partial charge in [-0.05, 0) is 86.8 Å². The molecule has 0 spiro atoms. The van der Waals surface area contributed by atoms with Gasteiger partial charge in [0.25, 0.3) is 5.91 Å². The Morgan fingerprint density at radius 2 is 1.81 bits per heavy atom. The van der Waals surface area contributed by atoms with E-state index in [1.54, 1.807) is 7.11 Å². The first-order chi connectivity index (χ1) is 22.8. The van der Waals surface area contributed by atoms with Gasteiger partial charge in [0.2, 0.25) is 5.91 Å². The summed E-state index contributed by atoms with van der Waals surface area (Å²) in [5.41, 5.74) is 4.62. The summed E-state index contributed by atoms with van der Waals surface area (Å²) < 4.78 is 6.06. The number of nitrogens with zero attached hydrogens (tertiary/aromatic N) is 3. The maximum absolute atomic E-state index is 13.9. The van der Waals surface area contributed by atoms with Crippen molar-refractivity contribution in [2.45, 2.75) is 72.5 Å². The van der Waals surface area contributed by atoms with Crippen molar-refractivity contribution in [1.29, 1.82) is 0 Å². The van der Waals surface area contributed by atoms with E-state index < -0.39 is 6.04 Å². The highest BCUT2D eigenvalue weighted by Gasteiger charge is 2.56. The van der Waals surface area contributed by atoms with Crippen LogP contribution in [0.1, 0.15) is 69.8 Å². The average Bonchev–Trinajstić information content (AvgIpc) is 3.48. The quantitative estimate of drug-likeness (QED) is 0.290. The van der Waals surface area contributed by atoms with Crippen LogP contribution in [0.25, 0.3) is 11.1 Å². The number of hydrogen-bond donors (Lipinski definition) is 3. The van der Waals surface area contributed by atoms with E-state index in [9.17, 15) is 14.7 Å². The number of hydrogen-bond acceptors (Lipinski definition) is 7. The molecule has 6 rings (SSSR count). The number of fused-ring (bicyclic) bond motifs is 2. The highest BCUT2D eigenvalue weighted by molar-refractivity contribution is 5.97. The maximum atomic E-state index is 13.9. The molecule has 2 amide bonds. The zero-order chi connectivity index (χ0) is 35.3. The van der Waals surface area contributed by atoms with Crippen LogP contribution in [0.5, 0.6) is 5.75 Å². The molecule has 0 radical (unpaired) electrons. The van der Waals surface area contributed by atoms with Gasteiger partial charge in [0, 0.05) is 74.7 Å². The highest BCUT2D eigenvalue weighted by Crippen LogP contribution is 2.61. The molecular weight excluding hydrogens is 602 g/mol. The minimum Gasteiger partial charge on any atom is -0.496 e. The van der Waals surface area contributed by atoms with Crippen molar-refractivity contribution in [3.63, 3.8) is 0 Å². The molecule has 3 saturated carbocycles. The molecule has 4 fully saturated rings. The molecule has 3 N–H and O–H groups in total. The highest BCUT2D eigenvalue weighted by atomic mass is 16.5. The summed E-state index contributed by atoms with van der Waals surface area (Å²) in [7, 11) is 9.58. The first kappa shape index (κ1) is 37.7. The number of anilines is 1. The number of aliphatic hydroxyl groups is 1. The number of aliphatic hydroxyl groups excluding tert-OH is 1. The molecule has 48 heavy (non-hydrogen) atoms. The van der Waals surface area contributed by atoms with E-state index in [1.807, 2.05) is 82.2 Å². The van der Waals surface area contributed by atoms with Crippen LogP contribution in [-0.4, -0.2) is 100 Å². The summed E-state index contributed by atoms with van der Waals surface area (Å²) in [6, 6.07) is 11.8. The Labute approximate surface area is 289 Å². The van der Waals surface area contributed by atoms with Gasteiger partial charge < -0.3 is 30.3 Å². The zero-order valence-electron chi connectivity index (χ0n) is 31.1. The van der Waals surface area contributed by atoms with Crippen LogP contribution in [-0.2, 0) is 11.3 Å². The van der Waals surface area contributed by atoms with Crippen LogP contribution >= 0.6 is 0 Å². The Balaban J connectivity index is 0.00000255. The normalized spacial score (nSPS) is 25.8. The largest absolute Gasteiger partial charge is 0.496 e. The lowest BCUT2D eigenvalue weighted by atomic mass is 9.45. The summed E-state index contributed by atoms with van der Waals surface area (Å²) in [5.74, 6) is 2.29. The molecule has 1 aliphatic heterocycles. The summed E-state index contributed by atoms with van der Waals surface area (Å²) >= 11 is 0. The van der Waals surface area contributed by atoms with Crippen molar-refractivity contribution in [3.8, 4) is 16.9 Å². The Kier molecular flexibility index (Phi) is 12.6. The summed E-state index contributed by atoms with van der Waals surface area (Å²) in [6.45, 7) is 13.6. The van der Waals surface area contributed by atoms with Gasteiger partial charge in [-0.25, -0.2) is 0 Å². The second kappa shape index (κ2) is 16.0. The summed E-state index contributed by atoms with van der Waals surface area (Å²) in [4.78, 5) is 33.3. The molecule has 1 heterocycles. The van der Waals surface area contributed by atoms with Crippen LogP contribution in [0.4, 0.5) is 5.69 Å². The lowest BCUT2D eigenvalue weighted by molar-refractivity contribution is -0.138. The first-order valence-electron chi connectivity index (χ1n) is 17.9. The molecule has 9 heteroatoms.